The molecule has 22 heavy (non-hydrogen) atoms. The van der Waals surface area contributed by atoms with E-state index in [1.165, 1.54) is 24.3 Å². The Morgan fingerprint density at radius 3 is 2.09 bits per heavy atom. The van der Waals surface area contributed by atoms with Crippen LogP contribution in [0, 0.1) is 10.1 Å². The molecule has 1 amide bonds. The first kappa shape index (κ1) is 15.2. The highest BCUT2D eigenvalue weighted by atomic mass is 16.6. The van der Waals surface area contributed by atoms with Gasteiger partial charge in [0.15, 0.2) is 0 Å². The number of carbonyl (C=O) groups excluding carboxylic acids is 2. The molecule has 0 unspecified atom stereocenters. The van der Waals surface area contributed by atoms with Gasteiger partial charge in [-0.2, -0.15) is 0 Å². The highest BCUT2D eigenvalue weighted by molar-refractivity contribution is 5.96. The number of nitrogens with zero attached hydrogens (tertiary/aromatic N) is 1. The predicted octanol–water partition coefficient (Wildman–Crippen LogP) is 0.816. The average molecular weight is 299 g/mol. The molecule has 0 bridgehead atoms. The first-order valence-corrected chi connectivity index (χ1v) is 6.30. The zero-order valence-corrected chi connectivity index (χ0v) is 11.3. The molecule has 1 N–H and O–H groups in total. The molecule has 7 heteroatoms. The van der Waals surface area contributed by atoms with Crippen molar-refractivity contribution in [2.45, 2.75) is 6.04 Å². The highest BCUT2D eigenvalue weighted by Gasteiger charge is 2.17. The Morgan fingerprint density at radius 2 is 1.59 bits per heavy atom. The van der Waals surface area contributed by atoms with Gasteiger partial charge in [0.2, 0.25) is 0 Å². The summed E-state index contributed by atoms with van der Waals surface area (Å²) in [5, 5.41) is 24.1. The van der Waals surface area contributed by atoms with Gasteiger partial charge in [0, 0.05) is 17.7 Å². The number of nitro benzene ring substituents is 1. The molecular weight excluding hydrogens is 288 g/mol. The van der Waals surface area contributed by atoms with Gasteiger partial charge < -0.3 is 15.2 Å². The first-order valence-electron chi connectivity index (χ1n) is 6.30. The third-order valence-electron chi connectivity index (χ3n) is 2.98. The standard InChI is InChI=1S/C15H12N2O5/c18-14(11-6-8-12(9-7-11)17(21)22)16-13(15(19)20)10-4-2-1-3-5-10/h1-9,13H,(H,16,18)(H,19,20)/p-1/t13-/m1/s1. The number of aliphatic carboxylic acids is 1. The lowest BCUT2D eigenvalue weighted by atomic mass is 10.1. The van der Waals surface area contributed by atoms with E-state index in [-0.39, 0.29) is 11.3 Å². The molecule has 0 fully saturated rings. The molecule has 0 aliphatic carbocycles. The molecule has 0 radical (unpaired) electrons. The normalized spacial score (nSPS) is 11.5. The summed E-state index contributed by atoms with van der Waals surface area (Å²) in [5.74, 6) is -2.10. The fourth-order valence-corrected chi connectivity index (χ4v) is 1.87. The monoisotopic (exact) mass is 299 g/mol. The second-order valence-electron chi connectivity index (χ2n) is 4.44. The second kappa shape index (κ2) is 6.49. The number of nitrogens with one attached hydrogen (secondary N) is 1. The van der Waals surface area contributed by atoms with Crippen LogP contribution in [-0.4, -0.2) is 16.8 Å². The minimum Gasteiger partial charge on any atom is -0.548 e. The molecule has 7 nitrogen and oxygen atoms in total. The van der Waals surface area contributed by atoms with Crippen LogP contribution in [0.3, 0.4) is 0 Å². The van der Waals surface area contributed by atoms with Crippen LogP contribution in [0.5, 0.6) is 0 Å². The summed E-state index contributed by atoms with van der Waals surface area (Å²) in [7, 11) is 0. The zero-order valence-electron chi connectivity index (χ0n) is 11.3. The maximum atomic E-state index is 12.0. The second-order valence-corrected chi connectivity index (χ2v) is 4.44. The Bertz CT molecular complexity index is 698. The van der Waals surface area contributed by atoms with Crippen LogP contribution in [0.1, 0.15) is 22.0 Å². The Hall–Kier alpha value is -3.22. The lowest BCUT2D eigenvalue weighted by Crippen LogP contribution is -2.41. The lowest BCUT2D eigenvalue weighted by Gasteiger charge is -2.20. The Morgan fingerprint density at radius 1 is 1.00 bits per heavy atom. The Balaban J connectivity index is 2.18. The Labute approximate surface area is 125 Å². The molecule has 0 heterocycles. The number of carboxylic acids is 1. The van der Waals surface area contributed by atoms with Crippen molar-refractivity contribution in [1.29, 1.82) is 0 Å². The summed E-state index contributed by atoms with van der Waals surface area (Å²) >= 11 is 0. The molecule has 0 saturated carbocycles. The number of amides is 1. The maximum absolute atomic E-state index is 12.0. The maximum Gasteiger partial charge on any atom is 0.269 e. The van der Waals surface area contributed by atoms with E-state index in [1.54, 1.807) is 30.3 Å². The third kappa shape index (κ3) is 3.45. The summed E-state index contributed by atoms with van der Waals surface area (Å²) in [6.07, 6.45) is 0. The number of benzene rings is 2. The molecule has 112 valence electrons. The van der Waals surface area contributed by atoms with E-state index in [0.717, 1.165) is 0 Å². The van der Waals surface area contributed by atoms with Crippen molar-refractivity contribution in [1.82, 2.24) is 5.32 Å². The average Bonchev–Trinajstić information content (AvgIpc) is 2.53. The van der Waals surface area contributed by atoms with Gasteiger partial charge in [0.1, 0.15) is 0 Å². The molecular formula is C15H11N2O5-. The van der Waals surface area contributed by atoms with Gasteiger partial charge in [-0.3, -0.25) is 14.9 Å². The zero-order chi connectivity index (χ0) is 16.1. The van der Waals surface area contributed by atoms with Crippen molar-refractivity contribution in [2.24, 2.45) is 0 Å². The van der Waals surface area contributed by atoms with Gasteiger partial charge in [-0.25, -0.2) is 0 Å². The number of hydrogen-bond donors (Lipinski definition) is 1. The van der Waals surface area contributed by atoms with Crippen molar-refractivity contribution >= 4 is 17.6 Å². The summed E-state index contributed by atoms with van der Waals surface area (Å²) in [6, 6.07) is 11.7. The Kier molecular flexibility index (Phi) is 4.47. The van der Waals surface area contributed by atoms with Gasteiger partial charge >= 0.3 is 0 Å². The summed E-state index contributed by atoms with van der Waals surface area (Å²) in [5.41, 5.74) is 0.335. The summed E-state index contributed by atoms with van der Waals surface area (Å²) < 4.78 is 0. The van der Waals surface area contributed by atoms with Gasteiger partial charge in [-0.15, -0.1) is 0 Å². The molecule has 2 aromatic rings. The van der Waals surface area contributed by atoms with Crippen LogP contribution in [0.15, 0.2) is 54.6 Å². The molecule has 2 rings (SSSR count). The molecule has 0 aliphatic heterocycles. The topological polar surface area (TPSA) is 112 Å². The fraction of sp³-hybridized carbons (Fsp3) is 0.0667. The van der Waals surface area contributed by atoms with Crippen LogP contribution in [0.4, 0.5) is 5.69 Å². The van der Waals surface area contributed by atoms with E-state index in [2.05, 4.69) is 5.32 Å². The minimum absolute atomic E-state index is 0.118. The van der Waals surface area contributed by atoms with Crippen LogP contribution in [-0.2, 0) is 4.79 Å². The van der Waals surface area contributed by atoms with E-state index < -0.39 is 22.8 Å². The van der Waals surface area contributed by atoms with E-state index in [4.69, 9.17) is 0 Å². The van der Waals surface area contributed by atoms with Crippen LogP contribution >= 0.6 is 0 Å². The molecule has 0 aromatic heterocycles. The number of nitro groups is 1. The molecule has 2 aromatic carbocycles. The molecule has 0 aliphatic rings. The largest absolute Gasteiger partial charge is 0.548 e. The SMILES string of the molecule is O=C(N[C@@H](C(=O)[O-])c1ccccc1)c1ccc([N+](=O)[O-])cc1. The van der Waals surface area contributed by atoms with Crippen LogP contribution < -0.4 is 10.4 Å². The number of carbonyl (C=O) groups is 2. The van der Waals surface area contributed by atoms with Gasteiger partial charge in [-0.05, 0) is 17.7 Å². The summed E-state index contributed by atoms with van der Waals surface area (Å²) in [4.78, 5) is 33.2. The molecule has 0 spiro atoms. The van der Waals surface area contributed by atoms with Gasteiger partial charge in [0.05, 0.1) is 16.9 Å². The van der Waals surface area contributed by atoms with E-state index in [9.17, 15) is 24.8 Å². The third-order valence-corrected chi connectivity index (χ3v) is 2.98. The quantitative estimate of drug-likeness (QED) is 0.648. The van der Waals surface area contributed by atoms with Crippen molar-refractivity contribution in [3.63, 3.8) is 0 Å². The first-order chi connectivity index (χ1) is 10.5. The van der Waals surface area contributed by atoms with Crippen molar-refractivity contribution in [3.8, 4) is 0 Å². The van der Waals surface area contributed by atoms with Crippen molar-refractivity contribution < 1.29 is 19.6 Å². The smallest absolute Gasteiger partial charge is 0.269 e. The predicted molar refractivity (Wildman–Crippen MR) is 74.8 cm³/mol. The van der Waals surface area contributed by atoms with E-state index in [0.29, 0.717) is 5.56 Å². The fourth-order valence-electron chi connectivity index (χ4n) is 1.87. The van der Waals surface area contributed by atoms with Crippen LogP contribution in [0.2, 0.25) is 0 Å². The lowest BCUT2D eigenvalue weighted by molar-refractivity contribution is -0.384. The number of hydrogen-bond acceptors (Lipinski definition) is 5. The number of non-ortho nitro benzene ring substituents is 1. The summed E-state index contributed by atoms with van der Waals surface area (Å²) in [6.45, 7) is 0. The molecule has 0 saturated heterocycles. The van der Waals surface area contributed by atoms with Gasteiger partial charge in [0.25, 0.3) is 11.6 Å². The number of carboxylic acid groups (broad SMARTS) is 1. The van der Waals surface area contributed by atoms with E-state index in [1.807, 2.05) is 0 Å². The molecule has 1 atom stereocenters. The number of rotatable bonds is 5. The highest BCUT2D eigenvalue weighted by Crippen LogP contribution is 2.15. The minimum atomic E-state index is -1.44. The van der Waals surface area contributed by atoms with Crippen molar-refractivity contribution in [3.05, 3.63) is 75.8 Å². The van der Waals surface area contributed by atoms with E-state index >= 15 is 0 Å². The van der Waals surface area contributed by atoms with Crippen LogP contribution in [0.25, 0.3) is 0 Å². The van der Waals surface area contributed by atoms with Gasteiger partial charge in [-0.1, -0.05) is 30.3 Å². The van der Waals surface area contributed by atoms with Crippen molar-refractivity contribution in [2.75, 3.05) is 0 Å².